The Morgan fingerprint density at radius 3 is 2.48 bits per heavy atom. The maximum absolute atomic E-state index is 12.8. The Morgan fingerprint density at radius 1 is 1.07 bits per heavy atom. The van der Waals surface area contributed by atoms with Crippen molar-refractivity contribution < 1.29 is 4.79 Å². The zero-order valence-corrected chi connectivity index (χ0v) is 18.0. The van der Waals surface area contributed by atoms with Crippen molar-refractivity contribution >= 4 is 17.5 Å². The SMILES string of the molecule is CC(NC(=O)C1CCN(Cc2ccc(Cl)cc2)CC1)c1ccc2c(c1)CCCC2. The van der Waals surface area contributed by atoms with Crippen LogP contribution in [0, 0.1) is 5.92 Å². The van der Waals surface area contributed by atoms with Gasteiger partial charge in [0, 0.05) is 17.5 Å². The van der Waals surface area contributed by atoms with Gasteiger partial charge in [0.2, 0.25) is 5.91 Å². The smallest absolute Gasteiger partial charge is 0.223 e. The summed E-state index contributed by atoms with van der Waals surface area (Å²) in [6, 6.07) is 14.9. The van der Waals surface area contributed by atoms with Crippen LogP contribution in [0.25, 0.3) is 0 Å². The number of benzene rings is 2. The monoisotopic (exact) mass is 410 g/mol. The number of hydrogen-bond acceptors (Lipinski definition) is 2. The van der Waals surface area contributed by atoms with E-state index in [0.29, 0.717) is 0 Å². The maximum atomic E-state index is 12.8. The molecule has 0 aromatic heterocycles. The van der Waals surface area contributed by atoms with E-state index in [9.17, 15) is 4.79 Å². The van der Waals surface area contributed by atoms with Crippen LogP contribution in [-0.4, -0.2) is 23.9 Å². The van der Waals surface area contributed by atoms with E-state index in [2.05, 4.69) is 47.5 Å². The summed E-state index contributed by atoms with van der Waals surface area (Å²) < 4.78 is 0. The van der Waals surface area contributed by atoms with Crippen LogP contribution in [-0.2, 0) is 24.2 Å². The summed E-state index contributed by atoms with van der Waals surface area (Å²) >= 11 is 5.97. The van der Waals surface area contributed by atoms with Gasteiger partial charge in [-0.2, -0.15) is 0 Å². The molecule has 2 aliphatic rings. The van der Waals surface area contributed by atoms with Crippen molar-refractivity contribution in [2.75, 3.05) is 13.1 Å². The fourth-order valence-corrected chi connectivity index (χ4v) is 4.76. The Hall–Kier alpha value is -1.84. The van der Waals surface area contributed by atoms with Crippen molar-refractivity contribution in [1.82, 2.24) is 10.2 Å². The quantitative estimate of drug-likeness (QED) is 0.724. The number of piperidine rings is 1. The average molecular weight is 411 g/mol. The second-order valence-electron chi connectivity index (χ2n) is 8.64. The molecule has 4 heteroatoms. The molecular weight excluding hydrogens is 380 g/mol. The molecule has 1 aliphatic heterocycles. The Balaban J connectivity index is 1.27. The normalized spacial score (nSPS) is 18.8. The Kier molecular flexibility index (Phi) is 6.56. The Morgan fingerprint density at radius 2 is 1.76 bits per heavy atom. The van der Waals surface area contributed by atoms with Crippen LogP contribution in [0.2, 0.25) is 5.02 Å². The predicted octanol–water partition coefficient (Wildman–Crippen LogP) is 5.31. The molecule has 0 radical (unpaired) electrons. The molecule has 1 amide bonds. The lowest BCUT2D eigenvalue weighted by Gasteiger charge is -2.32. The highest BCUT2D eigenvalue weighted by Gasteiger charge is 2.26. The summed E-state index contributed by atoms with van der Waals surface area (Å²) in [6.07, 6.45) is 6.81. The third-order valence-corrected chi connectivity index (χ3v) is 6.76. The summed E-state index contributed by atoms with van der Waals surface area (Å²) in [5.74, 6) is 0.331. The van der Waals surface area contributed by atoms with Crippen molar-refractivity contribution in [2.45, 2.75) is 58.0 Å². The van der Waals surface area contributed by atoms with Crippen molar-refractivity contribution in [2.24, 2.45) is 5.92 Å². The second kappa shape index (κ2) is 9.32. The standard InChI is InChI=1S/C25H31ClN2O/c1-18(22-9-8-20-4-2-3-5-23(20)16-22)27-25(29)21-12-14-28(15-13-21)17-19-6-10-24(26)11-7-19/h6-11,16,18,21H,2-5,12-15,17H2,1H3,(H,27,29). The van der Waals surface area contributed by atoms with E-state index in [4.69, 9.17) is 11.6 Å². The first-order valence-corrected chi connectivity index (χ1v) is 11.3. The van der Waals surface area contributed by atoms with Crippen LogP contribution in [0.15, 0.2) is 42.5 Å². The van der Waals surface area contributed by atoms with E-state index < -0.39 is 0 Å². The first kappa shape index (κ1) is 20.4. The summed E-state index contributed by atoms with van der Waals surface area (Å²) in [6.45, 7) is 4.97. The Bertz CT molecular complexity index is 840. The summed E-state index contributed by atoms with van der Waals surface area (Å²) in [7, 11) is 0. The fourth-order valence-electron chi connectivity index (χ4n) is 4.64. The average Bonchev–Trinajstić information content (AvgIpc) is 2.75. The molecule has 2 aromatic rings. The van der Waals surface area contributed by atoms with E-state index in [-0.39, 0.29) is 17.9 Å². The highest BCUT2D eigenvalue weighted by molar-refractivity contribution is 6.30. The van der Waals surface area contributed by atoms with E-state index in [1.807, 2.05) is 12.1 Å². The third-order valence-electron chi connectivity index (χ3n) is 6.51. The molecular formula is C25H31ClN2O. The molecule has 4 rings (SSSR count). The van der Waals surface area contributed by atoms with E-state index in [1.165, 1.54) is 47.9 Å². The summed E-state index contributed by atoms with van der Waals surface area (Å²) in [4.78, 5) is 15.3. The van der Waals surface area contributed by atoms with Gasteiger partial charge in [-0.1, -0.05) is 41.9 Å². The number of halogens is 1. The lowest BCUT2D eigenvalue weighted by molar-refractivity contribution is -0.127. The zero-order chi connectivity index (χ0) is 20.2. The van der Waals surface area contributed by atoms with Gasteiger partial charge in [-0.3, -0.25) is 9.69 Å². The predicted molar refractivity (Wildman–Crippen MR) is 119 cm³/mol. The zero-order valence-electron chi connectivity index (χ0n) is 17.3. The number of nitrogens with zero attached hydrogens (tertiary/aromatic N) is 1. The first-order valence-electron chi connectivity index (χ1n) is 11.0. The van der Waals surface area contributed by atoms with Gasteiger partial charge in [-0.15, -0.1) is 0 Å². The molecule has 0 bridgehead atoms. The van der Waals surface area contributed by atoms with Crippen LogP contribution >= 0.6 is 11.6 Å². The van der Waals surface area contributed by atoms with Gasteiger partial charge in [-0.25, -0.2) is 0 Å². The molecule has 1 atom stereocenters. The molecule has 3 nitrogen and oxygen atoms in total. The molecule has 0 spiro atoms. The van der Waals surface area contributed by atoms with Gasteiger partial charge in [0.1, 0.15) is 0 Å². The number of hydrogen-bond donors (Lipinski definition) is 1. The highest BCUT2D eigenvalue weighted by atomic mass is 35.5. The van der Waals surface area contributed by atoms with Crippen molar-refractivity contribution in [3.8, 4) is 0 Å². The number of rotatable bonds is 5. The van der Waals surface area contributed by atoms with Crippen LogP contribution in [0.4, 0.5) is 0 Å². The number of aryl methyl sites for hydroxylation is 2. The summed E-state index contributed by atoms with van der Waals surface area (Å²) in [5, 5.41) is 4.05. The summed E-state index contributed by atoms with van der Waals surface area (Å²) in [5.41, 5.74) is 5.48. The van der Waals surface area contributed by atoms with E-state index in [1.54, 1.807) is 0 Å². The molecule has 1 aliphatic carbocycles. The minimum absolute atomic E-state index is 0.0711. The number of fused-ring (bicyclic) bond motifs is 1. The molecule has 2 aromatic carbocycles. The van der Waals surface area contributed by atoms with Gasteiger partial charge in [-0.05, 0) is 92.9 Å². The van der Waals surface area contributed by atoms with E-state index in [0.717, 1.165) is 37.5 Å². The van der Waals surface area contributed by atoms with Crippen LogP contribution < -0.4 is 5.32 Å². The van der Waals surface area contributed by atoms with Crippen molar-refractivity contribution in [1.29, 1.82) is 0 Å². The molecule has 0 saturated carbocycles. The molecule has 1 N–H and O–H groups in total. The van der Waals surface area contributed by atoms with Gasteiger partial charge in [0.05, 0.1) is 6.04 Å². The van der Waals surface area contributed by atoms with Crippen LogP contribution in [0.5, 0.6) is 0 Å². The maximum Gasteiger partial charge on any atom is 0.223 e. The fraction of sp³-hybridized carbons (Fsp3) is 0.480. The lowest BCUT2D eigenvalue weighted by atomic mass is 9.89. The van der Waals surface area contributed by atoms with E-state index >= 15 is 0 Å². The number of carbonyl (C=O) groups excluding carboxylic acids is 1. The molecule has 1 heterocycles. The largest absolute Gasteiger partial charge is 0.349 e. The molecule has 1 fully saturated rings. The van der Waals surface area contributed by atoms with Gasteiger partial charge < -0.3 is 5.32 Å². The number of nitrogens with one attached hydrogen (secondary N) is 1. The van der Waals surface area contributed by atoms with Crippen molar-refractivity contribution in [3.63, 3.8) is 0 Å². The van der Waals surface area contributed by atoms with Gasteiger partial charge in [0.25, 0.3) is 0 Å². The minimum atomic E-state index is 0.0711. The highest BCUT2D eigenvalue weighted by Crippen LogP contribution is 2.26. The number of carbonyl (C=O) groups is 1. The van der Waals surface area contributed by atoms with Gasteiger partial charge in [0.15, 0.2) is 0 Å². The van der Waals surface area contributed by atoms with Crippen LogP contribution in [0.1, 0.15) is 60.9 Å². The number of amides is 1. The Labute approximate surface area is 179 Å². The van der Waals surface area contributed by atoms with Crippen LogP contribution in [0.3, 0.4) is 0 Å². The van der Waals surface area contributed by atoms with Gasteiger partial charge >= 0.3 is 0 Å². The molecule has 1 unspecified atom stereocenters. The minimum Gasteiger partial charge on any atom is -0.349 e. The second-order valence-corrected chi connectivity index (χ2v) is 9.08. The number of likely N-dealkylation sites (tertiary alicyclic amines) is 1. The first-order chi connectivity index (χ1) is 14.1. The topological polar surface area (TPSA) is 32.3 Å². The lowest BCUT2D eigenvalue weighted by Crippen LogP contribution is -2.40. The molecule has 1 saturated heterocycles. The third kappa shape index (κ3) is 5.21. The molecule has 29 heavy (non-hydrogen) atoms. The van der Waals surface area contributed by atoms with Crippen molar-refractivity contribution in [3.05, 3.63) is 69.7 Å². The molecule has 154 valence electrons.